The normalized spacial score (nSPS) is 23.9. The fourth-order valence-electron chi connectivity index (χ4n) is 6.26. The van der Waals surface area contributed by atoms with E-state index in [-0.39, 0.29) is 30.7 Å². The Bertz CT molecular complexity index is 1280. The van der Waals surface area contributed by atoms with E-state index in [1.54, 1.807) is 12.1 Å². The molecule has 9 heteroatoms. The molecule has 1 heterocycles. The second-order valence-corrected chi connectivity index (χ2v) is 11.8. The highest BCUT2D eigenvalue weighted by Crippen LogP contribution is 2.34. The Labute approximate surface area is 246 Å². The first-order valence-electron chi connectivity index (χ1n) is 14.7. The largest absolute Gasteiger partial charge is 0.492 e. The summed E-state index contributed by atoms with van der Waals surface area (Å²) >= 11 is 6.22. The third kappa shape index (κ3) is 6.93. The standard InChI is InChI=1S/C32H39ClN4O4/c33-25-12-7-9-23(21-25)22-26-28(38)34-18-8-11-24-10-1-2-13-27(24)41-20-19-35-31(14-3-4-15-31)30(40)37-32(29(39)36-26)16-5-6-17-32/h1-2,7-13,21,26,35H,3-6,14-20,22H2,(H,34,38)(H,36,39)(H,37,40)/b11-8+/t26-/m1/s1. The quantitative estimate of drug-likeness (QED) is 0.432. The molecule has 0 saturated heterocycles. The first-order valence-corrected chi connectivity index (χ1v) is 15.1. The van der Waals surface area contributed by atoms with Crippen LogP contribution in [-0.4, -0.2) is 54.5 Å². The molecule has 218 valence electrons. The molecule has 0 unspecified atom stereocenters. The summed E-state index contributed by atoms with van der Waals surface area (Å²) < 4.78 is 6.09. The lowest BCUT2D eigenvalue weighted by atomic mass is 9.90. The Morgan fingerprint density at radius 3 is 2.37 bits per heavy atom. The number of ether oxygens (including phenoxy) is 1. The Kier molecular flexibility index (Phi) is 9.30. The lowest BCUT2D eigenvalue weighted by Gasteiger charge is -2.36. The van der Waals surface area contributed by atoms with E-state index in [1.807, 2.05) is 48.6 Å². The first kappa shape index (κ1) is 29.1. The minimum absolute atomic E-state index is 0.146. The van der Waals surface area contributed by atoms with Crippen molar-refractivity contribution in [3.05, 3.63) is 70.8 Å². The maximum atomic E-state index is 13.9. The van der Waals surface area contributed by atoms with E-state index in [4.69, 9.17) is 16.3 Å². The highest BCUT2D eigenvalue weighted by molar-refractivity contribution is 6.30. The Morgan fingerprint density at radius 2 is 1.61 bits per heavy atom. The van der Waals surface area contributed by atoms with E-state index in [0.717, 1.165) is 42.6 Å². The van der Waals surface area contributed by atoms with Gasteiger partial charge in [0.25, 0.3) is 0 Å². The Morgan fingerprint density at radius 1 is 0.878 bits per heavy atom. The van der Waals surface area contributed by atoms with Gasteiger partial charge in [-0.05, 0) is 49.4 Å². The summed E-state index contributed by atoms with van der Waals surface area (Å²) in [5.74, 6) is -0.0270. The zero-order chi connectivity index (χ0) is 28.7. The monoisotopic (exact) mass is 578 g/mol. The van der Waals surface area contributed by atoms with Crippen molar-refractivity contribution in [3.63, 3.8) is 0 Å². The van der Waals surface area contributed by atoms with Gasteiger partial charge in [-0.3, -0.25) is 19.7 Å². The van der Waals surface area contributed by atoms with Crippen LogP contribution >= 0.6 is 11.6 Å². The predicted octanol–water partition coefficient (Wildman–Crippen LogP) is 3.92. The van der Waals surface area contributed by atoms with E-state index in [9.17, 15) is 14.4 Å². The number of carbonyl (C=O) groups is 3. The Hall–Kier alpha value is -3.36. The summed E-state index contributed by atoms with van der Waals surface area (Å²) in [5.41, 5.74) is -0.0765. The van der Waals surface area contributed by atoms with Crippen molar-refractivity contribution in [1.82, 2.24) is 21.3 Å². The van der Waals surface area contributed by atoms with Crippen molar-refractivity contribution in [2.75, 3.05) is 19.7 Å². The molecule has 2 aliphatic carbocycles. The van der Waals surface area contributed by atoms with Crippen molar-refractivity contribution >= 4 is 35.4 Å². The van der Waals surface area contributed by atoms with Gasteiger partial charge in [0.05, 0.1) is 5.54 Å². The molecule has 2 fully saturated rings. The van der Waals surface area contributed by atoms with E-state index >= 15 is 0 Å². The zero-order valence-corrected chi connectivity index (χ0v) is 24.1. The summed E-state index contributed by atoms with van der Waals surface area (Å²) in [4.78, 5) is 41.3. The number of para-hydroxylation sites is 1. The number of halogens is 1. The molecule has 0 bridgehead atoms. The molecule has 2 aromatic rings. The van der Waals surface area contributed by atoms with Crippen LogP contribution in [0.15, 0.2) is 54.6 Å². The minimum Gasteiger partial charge on any atom is -0.492 e. The van der Waals surface area contributed by atoms with Crippen LogP contribution in [0.25, 0.3) is 6.08 Å². The molecule has 2 saturated carbocycles. The molecule has 2 spiro atoms. The van der Waals surface area contributed by atoms with Crippen molar-refractivity contribution in [2.24, 2.45) is 0 Å². The van der Waals surface area contributed by atoms with Gasteiger partial charge in [0, 0.05) is 30.1 Å². The van der Waals surface area contributed by atoms with Crippen molar-refractivity contribution in [3.8, 4) is 5.75 Å². The molecular weight excluding hydrogens is 540 g/mol. The second-order valence-electron chi connectivity index (χ2n) is 11.4. The molecule has 3 aliphatic rings. The number of nitrogens with one attached hydrogen (secondary N) is 4. The summed E-state index contributed by atoms with van der Waals surface area (Å²) in [6, 6.07) is 14.2. The van der Waals surface area contributed by atoms with Gasteiger partial charge in [0.1, 0.15) is 23.9 Å². The number of fused-ring (bicyclic) bond motifs is 1. The van der Waals surface area contributed by atoms with E-state index in [0.29, 0.717) is 43.9 Å². The zero-order valence-electron chi connectivity index (χ0n) is 23.3. The number of carbonyl (C=O) groups excluding carboxylic acids is 3. The van der Waals surface area contributed by atoms with Crippen molar-refractivity contribution < 1.29 is 19.1 Å². The molecule has 2 aromatic carbocycles. The summed E-state index contributed by atoms with van der Waals surface area (Å²) in [6.07, 6.45) is 10.1. The lowest BCUT2D eigenvalue weighted by molar-refractivity contribution is -0.138. The lowest BCUT2D eigenvalue weighted by Crippen LogP contribution is -2.66. The molecule has 1 aliphatic heterocycles. The number of hydrogen-bond acceptors (Lipinski definition) is 5. The SMILES string of the molecule is O=C1NC/C=C/c2ccccc2OCCNC2(CCCC2)C(=O)NC2(CCCC2)C(=O)N[C@@H]1Cc1cccc(Cl)c1. The molecule has 3 amide bonds. The van der Waals surface area contributed by atoms with Gasteiger partial charge < -0.3 is 20.7 Å². The maximum Gasteiger partial charge on any atom is 0.246 e. The smallest absolute Gasteiger partial charge is 0.246 e. The summed E-state index contributed by atoms with van der Waals surface area (Å²) in [5, 5.41) is 13.2. The maximum absolute atomic E-state index is 13.9. The number of amides is 3. The Balaban J connectivity index is 1.45. The molecule has 0 aromatic heterocycles. The third-order valence-electron chi connectivity index (χ3n) is 8.52. The van der Waals surface area contributed by atoms with Crippen LogP contribution in [0, 0.1) is 0 Å². The molecule has 0 radical (unpaired) electrons. The second kappa shape index (κ2) is 13.1. The van der Waals surface area contributed by atoms with Gasteiger partial charge in [-0.15, -0.1) is 0 Å². The number of hydrogen-bond donors (Lipinski definition) is 4. The van der Waals surface area contributed by atoms with Crippen LogP contribution in [-0.2, 0) is 20.8 Å². The van der Waals surface area contributed by atoms with Crippen LogP contribution < -0.4 is 26.0 Å². The topological polar surface area (TPSA) is 109 Å². The first-order chi connectivity index (χ1) is 19.9. The molecule has 4 N–H and O–H groups in total. The summed E-state index contributed by atoms with van der Waals surface area (Å²) in [7, 11) is 0. The molecule has 5 rings (SSSR count). The van der Waals surface area contributed by atoms with Crippen LogP contribution in [0.2, 0.25) is 5.02 Å². The highest BCUT2D eigenvalue weighted by Gasteiger charge is 2.49. The fourth-order valence-corrected chi connectivity index (χ4v) is 6.47. The van der Waals surface area contributed by atoms with E-state index < -0.39 is 17.1 Å². The van der Waals surface area contributed by atoms with Crippen molar-refractivity contribution in [2.45, 2.75) is 74.9 Å². The van der Waals surface area contributed by atoms with Gasteiger partial charge in [-0.25, -0.2) is 0 Å². The van der Waals surface area contributed by atoms with Gasteiger partial charge >= 0.3 is 0 Å². The summed E-state index contributed by atoms with van der Waals surface area (Å²) in [6.45, 7) is 1.18. The molecule has 41 heavy (non-hydrogen) atoms. The van der Waals surface area contributed by atoms with E-state index in [2.05, 4.69) is 21.3 Å². The van der Waals surface area contributed by atoms with Crippen LogP contribution in [0.5, 0.6) is 5.75 Å². The minimum atomic E-state index is -1.05. The van der Waals surface area contributed by atoms with Gasteiger partial charge in [0.15, 0.2) is 0 Å². The van der Waals surface area contributed by atoms with Gasteiger partial charge in [-0.2, -0.15) is 0 Å². The van der Waals surface area contributed by atoms with Crippen LogP contribution in [0.4, 0.5) is 0 Å². The molecule has 1 atom stereocenters. The van der Waals surface area contributed by atoms with E-state index in [1.165, 1.54) is 0 Å². The van der Waals surface area contributed by atoms with Crippen molar-refractivity contribution in [1.29, 1.82) is 0 Å². The third-order valence-corrected chi connectivity index (χ3v) is 8.76. The van der Waals surface area contributed by atoms with Crippen LogP contribution in [0.1, 0.15) is 62.5 Å². The molecule has 8 nitrogen and oxygen atoms in total. The highest BCUT2D eigenvalue weighted by atomic mass is 35.5. The predicted molar refractivity (Wildman–Crippen MR) is 160 cm³/mol. The average Bonchev–Trinajstić information content (AvgIpc) is 3.65. The van der Waals surface area contributed by atoms with Crippen LogP contribution in [0.3, 0.4) is 0 Å². The number of rotatable bonds is 2. The number of benzene rings is 2. The fraction of sp³-hybridized carbons (Fsp3) is 0.469. The van der Waals surface area contributed by atoms with Gasteiger partial charge in [-0.1, -0.05) is 79.8 Å². The average molecular weight is 579 g/mol. The molecular formula is C32H39ClN4O4. The van der Waals surface area contributed by atoms with Gasteiger partial charge in [0.2, 0.25) is 17.7 Å².